The highest BCUT2D eigenvalue weighted by Crippen LogP contribution is 2.28. The van der Waals surface area contributed by atoms with Crippen LogP contribution in [0.5, 0.6) is 5.75 Å². The number of nitrogens with zero attached hydrogens (tertiary/aromatic N) is 1. The largest absolute Gasteiger partial charge is 0.497 e. The zero-order chi connectivity index (χ0) is 12.1. The fraction of sp³-hybridized carbons (Fsp3) is 0.308. The average Bonchev–Trinajstić information content (AvgIpc) is 2.85. The van der Waals surface area contributed by atoms with E-state index < -0.39 is 0 Å². The molecule has 3 nitrogen and oxygen atoms in total. The Kier molecular flexibility index (Phi) is 4.12. The smallest absolute Gasteiger partial charge is 0.119 e. The first-order valence-electron chi connectivity index (χ1n) is 5.57. The van der Waals surface area contributed by atoms with Crippen molar-refractivity contribution in [1.29, 1.82) is 0 Å². The van der Waals surface area contributed by atoms with E-state index in [-0.39, 0.29) is 0 Å². The monoisotopic (exact) mass is 248 g/mol. The molecule has 0 unspecified atom stereocenters. The van der Waals surface area contributed by atoms with E-state index in [2.05, 4.69) is 16.4 Å². The molecule has 17 heavy (non-hydrogen) atoms. The van der Waals surface area contributed by atoms with E-state index >= 15 is 0 Å². The van der Waals surface area contributed by atoms with Crippen molar-refractivity contribution in [2.24, 2.45) is 0 Å². The highest BCUT2D eigenvalue weighted by atomic mass is 32.1. The molecule has 2 rings (SSSR count). The van der Waals surface area contributed by atoms with E-state index in [0.29, 0.717) is 0 Å². The molecule has 1 heterocycles. The molecule has 0 fully saturated rings. The van der Waals surface area contributed by atoms with Crippen molar-refractivity contribution in [3.63, 3.8) is 0 Å². The summed E-state index contributed by atoms with van der Waals surface area (Å²) in [4.78, 5) is 5.61. The van der Waals surface area contributed by atoms with Gasteiger partial charge in [0.1, 0.15) is 5.75 Å². The van der Waals surface area contributed by atoms with Crippen molar-refractivity contribution < 1.29 is 4.74 Å². The summed E-state index contributed by atoms with van der Waals surface area (Å²) >= 11 is 1.74. The zero-order valence-electron chi connectivity index (χ0n) is 10.1. The number of ether oxygens (including phenoxy) is 1. The van der Waals surface area contributed by atoms with Gasteiger partial charge in [0.05, 0.1) is 17.0 Å². The lowest BCUT2D eigenvalue weighted by Gasteiger charge is -2.01. The third-order valence-corrected chi connectivity index (χ3v) is 3.60. The molecular formula is C13H16N2OS. The molecule has 1 aromatic carbocycles. The molecule has 0 amide bonds. The molecule has 1 aromatic heterocycles. The second-order valence-electron chi connectivity index (χ2n) is 3.70. The van der Waals surface area contributed by atoms with E-state index in [9.17, 15) is 0 Å². The fourth-order valence-corrected chi connectivity index (χ4v) is 2.48. The maximum atomic E-state index is 5.22. The molecule has 1 N–H and O–H groups in total. The minimum absolute atomic E-state index is 0.882. The Bertz CT molecular complexity index is 482. The number of likely N-dealkylation sites (N-methyl/N-ethyl adjacent to an activating group) is 1. The van der Waals surface area contributed by atoms with Crippen LogP contribution in [-0.4, -0.2) is 25.7 Å². The van der Waals surface area contributed by atoms with Gasteiger partial charge < -0.3 is 10.1 Å². The van der Waals surface area contributed by atoms with Gasteiger partial charge in [-0.25, -0.2) is 4.98 Å². The van der Waals surface area contributed by atoms with E-state index in [1.54, 1.807) is 18.4 Å². The lowest BCUT2D eigenvalue weighted by molar-refractivity contribution is 0.415. The van der Waals surface area contributed by atoms with Crippen LogP contribution in [0.25, 0.3) is 10.4 Å². The molecule has 0 bridgehead atoms. The molecule has 0 saturated heterocycles. The summed E-state index contributed by atoms with van der Waals surface area (Å²) in [5, 5.41) is 4.29. The molecule has 0 saturated carbocycles. The van der Waals surface area contributed by atoms with Crippen molar-refractivity contribution in [2.75, 3.05) is 20.7 Å². The highest BCUT2D eigenvalue weighted by molar-refractivity contribution is 7.15. The van der Waals surface area contributed by atoms with Crippen LogP contribution in [0.3, 0.4) is 0 Å². The Morgan fingerprint density at radius 3 is 3.06 bits per heavy atom. The SMILES string of the molecule is CNCCc1ncc(-c2cccc(OC)c2)s1. The van der Waals surface area contributed by atoms with Gasteiger partial charge in [-0.1, -0.05) is 12.1 Å². The molecule has 0 aliphatic rings. The second-order valence-corrected chi connectivity index (χ2v) is 4.82. The summed E-state index contributed by atoms with van der Waals surface area (Å²) in [5.74, 6) is 0.882. The summed E-state index contributed by atoms with van der Waals surface area (Å²) in [6.07, 6.45) is 2.91. The van der Waals surface area contributed by atoms with Crippen molar-refractivity contribution in [3.05, 3.63) is 35.5 Å². The Hall–Kier alpha value is -1.39. The number of nitrogens with one attached hydrogen (secondary N) is 1. The van der Waals surface area contributed by atoms with Crippen LogP contribution < -0.4 is 10.1 Å². The molecular weight excluding hydrogens is 232 g/mol. The summed E-state index contributed by atoms with van der Waals surface area (Å²) in [6.45, 7) is 0.963. The van der Waals surface area contributed by atoms with Crippen molar-refractivity contribution in [2.45, 2.75) is 6.42 Å². The first-order chi connectivity index (χ1) is 8.33. The molecule has 0 aliphatic heterocycles. The van der Waals surface area contributed by atoms with Crippen molar-refractivity contribution in [1.82, 2.24) is 10.3 Å². The van der Waals surface area contributed by atoms with Crippen molar-refractivity contribution >= 4 is 11.3 Å². The Morgan fingerprint density at radius 1 is 1.41 bits per heavy atom. The van der Waals surface area contributed by atoms with Gasteiger partial charge in [0.15, 0.2) is 0 Å². The summed E-state index contributed by atoms with van der Waals surface area (Å²) in [5.41, 5.74) is 1.16. The van der Waals surface area contributed by atoms with Gasteiger partial charge in [0, 0.05) is 19.2 Å². The van der Waals surface area contributed by atoms with Crippen LogP contribution in [0, 0.1) is 0 Å². The average molecular weight is 248 g/mol. The number of rotatable bonds is 5. The van der Waals surface area contributed by atoms with Gasteiger partial charge in [-0.2, -0.15) is 0 Å². The van der Waals surface area contributed by atoms with Gasteiger partial charge in [-0.05, 0) is 24.7 Å². The van der Waals surface area contributed by atoms with Gasteiger partial charge in [-0.15, -0.1) is 11.3 Å². The van der Waals surface area contributed by atoms with E-state index in [0.717, 1.165) is 29.3 Å². The number of methoxy groups -OCH3 is 1. The van der Waals surface area contributed by atoms with Crippen LogP contribution in [0.15, 0.2) is 30.5 Å². The van der Waals surface area contributed by atoms with E-state index in [1.165, 1.54) is 4.88 Å². The number of hydrogen-bond acceptors (Lipinski definition) is 4. The van der Waals surface area contributed by atoms with Crippen LogP contribution in [0.1, 0.15) is 5.01 Å². The molecule has 0 spiro atoms. The first kappa shape index (κ1) is 12.1. The van der Waals surface area contributed by atoms with Crippen LogP contribution in [0.4, 0.5) is 0 Å². The lowest BCUT2D eigenvalue weighted by atomic mass is 10.2. The Morgan fingerprint density at radius 2 is 2.29 bits per heavy atom. The minimum Gasteiger partial charge on any atom is -0.497 e. The number of benzene rings is 1. The number of hydrogen-bond donors (Lipinski definition) is 1. The topological polar surface area (TPSA) is 34.2 Å². The molecule has 0 atom stereocenters. The quantitative estimate of drug-likeness (QED) is 0.883. The second kappa shape index (κ2) is 5.80. The fourth-order valence-electron chi connectivity index (χ4n) is 1.57. The predicted molar refractivity (Wildman–Crippen MR) is 71.7 cm³/mol. The number of thiazole rings is 1. The third-order valence-electron chi connectivity index (χ3n) is 2.50. The molecule has 0 aliphatic carbocycles. The standard InChI is InChI=1S/C13H16N2OS/c1-14-7-6-13-15-9-12(17-13)10-4-3-5-11(8-10)16-2/h3-5,8-9,14H,6-7H2,1-2H3. The van der Waals surface area contributed by atoms with Crippen LogP contribution >= 0.6 is 11.3 Å². The minimum atomic E-state index is 0.882. The van der Waals surface area contributed by atoms with E-state index in [1.807, 2.05) is 31.4 Å². The maximum absolute atomic E-state index is 5.22. The zero-order valence-corrected chi connectivity index (χ0v) is 10.9. The van der Waals surface area contributed by atoms with Gasteiger partial charge >= 0.3 is 0 Å². The van der Waals surface area contributed by atoms with Crippen LogP contribution in [-0.2, 0) is 6.42 Å². The first-order valence-corrected chi connectivity index (χ1v) is 6.39. The third kappa shape index (κ3) is 3.05. The maximum Gasteiger partial charge on any atom is 0.119 e. The molecule has 2 aromatic rings. The van der Waals surface area contributed by atoms with Crippen LogP contribution in [0.2, 0.25) is 0 Å². The molecule has 0 radical (unpaired) electrons. The van der Waals surface area contributed by atoms with Crippen molar-refractivity contribution in [3.8, 4) is 16.2 Å². The predicted octanol–water partition coefficient (Wildman–Crippen LogP) is 2.58. The normalized spacial score (nSPS) is 10.5. The summed E-state index contributed by atoms with van der Waals surface area (Å²) in [6, 6.07) is 8.07. The summed E-state index contributed by atoms with van der Waals surface area (Å²) < 4.78 is 5.22. The van der Waals surface area contributed by atoms with Gasteiger partial charge in [0.25, 0.3) is 0 Å². The Labute approximate surface area is 105 Å². The molecule has 4 heteroatoms. The lowest BCUT2D eigenvalue weighted by Crippen LogP contribution is -2.09. The summed E-state index contributed by atoms with van der Waals surface area (Å²) in [7, 11) is 3.64. The Balaban J connectivity index is 2.18. The number of aromatic nitrogens is 1. The van der Waals surface area contributed by atoms with Gasteiger partial charge in [0.2, 0.25) is 0 Å². The molecule has 90 valence electrons. The van der Waals surface area contributed by atoms with Gasteiger partial charge in [-0.3, -0.25) is 0 Å². The van der Waals surface area contributed by atoms with E-state index in [4.69, 9.17) is 4.74 Å². The highest BCUT2D eigenvalue weighted by Gasteiger charge is 2.05.